The molecule has 0 saturated carbocycles. The van der Waals surface area contributed by atoms with Crippen molar-refractivity contribution < 1.29 is 22.8 Å². The van der Waals surface area contributed by atoms with Crippen molar-refractivity contribution in [2.75, 3.05) is 0 Å². The normalized spacial score (nSPS) is 13.1. The van der Waals surface area contributed by atoms with Crippen molar-refractivity contribution in [3.63, 3.8) is 0 Å². The first-order valence-corrected chi connectivity index (χ1v) is 5.22. The number of Topliss-reactive ketones (excluding diaryl/α,β-unsaturated/α-hetero) is 1. The van der Waals surface area contributed by atoms with Crippen molar-refractivity contribution in [1.82, 2.24) is 15.3 Å². The number of H-pyrrole nitrogens is 1. The summed E-state index contributed by atoms with van der Waals surface area (Å²) in [6, 6.07) is -1.20. The number of amides is 1. The number of hydrogen-bond donors (Lipinski definition) is 2. The molecule has 0 fully saturated rings. The van der Waals surface area contributed by atoms with E-state index >= 15 is 0 Å². The van der Waals surface area contributed by atoms with Crippen LogP contribution in [0.5, 0.6) is 0 Å². The van der Waals surface area contributed by atoms with E-state index in [2.05, 4.69) is 9.97 Å². The molecule has 2 N–H and O–H groups in total. The lowest BCUT2D eigenvalue weighted by Gasteiger charge is -2.17. The van der Waals surface area contributed by atoms with E-state index in [4.69, 9.17) is 0 Å². The van der Waals surface area contributed by atoms with Crippen LogP contribution in [-0.2, 0) is 16.0 Å². The van der Waals surface area contributed by atoms with Gasteiger partial charge in [0.05, 0.1) is 12.4 Å². The summed E-state index contributed by atoms with van der Waals surface area (Å²) in [5.41, 5.74) is 0.476. The van der Waals surface area contributed by atoms with E-state index in [1.165, 1.54) is 19.4 Å². The topological polar surface area (TPSA) is 74.8 Å². The van der Waals surface area contributed by atoms with E-state index in [0.29, 0.717) is 5.69 Å². The number of nitrogens with one attached hydrogen (secondary N) is 2. The highest BCUT2D eigenvalue weighted by molar-refractivity contribution is 5.90. The van der Waals surface area contributed by atoms with E-state index in [1.807, 2.05) is 0 Å². The Kier molecular flexibility index (Phi) is 4.46. The van der Waals surface area contributed by atoms with Crippen LogP contribution < -0.4 is 5.32 Å². The zero-order valence-electron chi connectivity index (χ0n) is 9.54. The summed E-state index contributed by atoms with van der Waals surface area (Å²) in [5, 5.41) is 1.68. The molecule has 8 heteroatoms. The fraction of sp³-hybridized carbons (Fsp3) is 0.500. The predicted molar refractivity (Wildman–Crippen MR) is 55.6 cm³/mol. The van der Waals surface area contributed by atoms with Crippen LogP contribution in [0.3, 0.4) is 0 Å². The molecule has 1 aromatic heterocycles. The van der Waals surface area contributed by atoms with Crippen LogP contribution in [0.4, 0.5) is 13.2 Å². The molecule has 1 unspecified atom stereocenters. The van der Waals surface area contributed by atoms with E-state index in [0.717, 1.165) is 0 Å². The lowest BCUT2D eigenvalue weighted by atomic mass is 10.1. The number of rotatable bonds is 5. The molecule has 0 aromatic carbocycles. The Morgan fingerprint density at radius 1 is 1.50 bits per heavy atom. The average molecular weight is 263 g/mol. The molecule has 1 amide bonds. The van der Waals surface area contributed by atoms with Crippen molar-refractivity contribution in [1.29, 1.82) is 0 Å². The quantitative estimate of drug-likeness (QED) is 0.831. The van der Waals surface area contributed by atoms with Crippen molar-refractivity contribution in [3.05, 3.63) is 18.2 Å². The van der Waals surface area contributed by atoms with E-state index < -0.39 is 23.9 Å². The molecule has 1 heterocycles. The van der Waals surface area contributed by atoms with Gasteiger partial charge in [0.25, 0.3) is 0 Å². The number of carbonyl (C=O) groups is 2. The summed E-state index contributed by atoms with van der Waals surface area (Å²) in [6.07, 6.45) is -2.28. The Morgan fingerprint density at radius 2 is 2.17 bits per heavy atom. The van der Waals surface area contributed by atoms with Crippen molar-refractivity contribution >= 4 is 11.7 Å². The van der Waals surface area contributed by atoms with Gasteiger partial charge >= 0.3 is 12.1 Å². The van der Waals surface area contributed by atoms with Crippen molar-refractivity contribution in [2.24, 2.45) is 0 Å². The van der Waals surface area contributed by atoms with Gasteiger partial charge in [-0.1, -0.05) is 6.92 Å². The van der Waals surface area contributed by atoms with Gasteiger partial charge in [-0.3, -0.25) is 9.59 Å². The number of nitrogens with zero attached hydrogens (tertiary/aromatic N) is 1. The molecule has 0 saturated heterocycles. The number of aromatic nitrogens is 2. The second-order valence-electron chi connectivity index (χ2n) is 3.62. The molecule has 0 radical (unpaired) electrons. The van der Waals surface area contributed by atoms with Gasteiger partial charge in [-0.25, -0.2) is 4.98 Å². The van der Waals surface area contributed by atoms with Crippen LogP contribution in [0.1, 0.15) is 19.0 Å². The lowest BCUT2D eigenvalue weighted by Crippen LogP contribution is -2.47. The standard InChI is InChI=1S/C10H12F3N3O2/c1-2-8(17)7(3-6-4-14-5-15-6)16-9(18)10(11,12)13/h4-5,7H,2-3H2,1H3,(H,14,15)(H,16,18). The second-order valence-corrected chi connectivity index (χ2v) is 3.62. The Hall–Kier alpha value is -1.86. The molecule has 1 aromatic rings. The zero-order chi connectivity index (χ0) is 13.8. The van der Waals surface area contributed by atoms with Crippen LogP contribution in [0.25, 0.3) is 0 Å². The molecular formula is C10H12F3N3O2. The SMILES string of the molecule is CCC(=O)C(Cc1cnc[nH]1)NC(=O)C(F)(F)F. The van der Waals surface area contributed by atoms with Crippen LogP contribution in [0.15, 0.2) is 12.5 Å². The first kappa shape index (κ1) is 14.2. The molecule has 1 atom stereocenters. The fourth-order valence-corrected chi connectivity index (χ4v) is 1.35. The van der Waals surface area contributed by atoms with E-state index in [1.54, 1.807) is 5.32 Å². The van der Waals surface area contributed by atoms with Gasteiger partial charge in [0.1, 0.15) is 0 Å². The van der Waals surface area contributed by atoms with Gasteiger partial charge in [-0.2, -0.15) is 13.2 Å². The number of aromatic amines is 1. The molecule has 0 spiro atoms. The van der Waals surface area contributed by atoms with Crippen LogP contribution in [-0.4, -0.2) is 33.9 Å². The molecular weight excluding hydrogens is 251 g/mol. The molecule has 100 valence electrons. The Morgan fingerprint density at radius 3 is 2.61 bits per heavy atom. The molecule has 0 aliphatic heterocycles. The number of imidazole rings is 1. The Balaban J connectivity index is 2.74. The van der Waals surface area contributed by atoms with E-state index in [-0.39, 0.29) is 12.8 Å². The summed E-state index contributed by atoms with van der Waals surface area (Å²) in [5.74, 6) is -2.59. The number of alkyl halides is 3. The fourth-order valence-electron chi connectivity index (χ4n) is 1.35. The van der Waals surface area contributed by atoms with Gasteiger partial charge in [0, 0.05) is 24.7 Å². The number of halogens is 3. The molecule has 5 nitrogen and oxygen atoms in total. The summed E-state index contributed by atoms with van der Waals surface area (Å²) < 4.78 is 36.3. The maximum Gasteiger partial charge on any atom is 0.471 e. The summed E-state index contributed by atoms with van der Waals surface area (Å²) in [7, 11) is 0. The molecule has 0 aliphatic carbocycles. The van der Waals surface area contributed by atoms with Gasteiger partial charge < -0.3 is 10.3 Å². The molecule has 0 aliphatic rings. The predicted octanol–water partition coefficient (Wildman–Crippen LogP) is 0.978. The Labute approximate surface area is 101 Å². The summed E-state index contributed by atoms with van der Waals surface area (Å²) in [6.45, 7) is 1.52. The van der Waals surface area contributed by atoms with Crippen molar-refractivity contribution in [3.8, 4) is 0 Å². The first-order chi connectivity index (χ1) is 8.34. The highest BCUT2D eigenvalue weighted by Gasteiger charge is 2.40. The molecule has 1 rings (SSSR count). The number of carbonyl (C=O) groups excluding carboxylic acids is 2. The highest BCUT2D eigenvalue weighted by Crippen LogP contribution is 2.15. The molecule has 18 heavy (non-hydrogen) atoms. The van der Waals surface area contributed by atoms with Gasteiger partial charge in [0.2, 0.25) is 0 Å². The monoisotopic (exact) mass is 263 g/mol. The zero-order valence-corrected chi connectivity index (χ0v) is 9.54. The minimum absolute atomic E-state index is 0.0386. The third-order valence-electron chi connectivity index (χ3n) is 2.28. The second kappa shape index (κ2) is 5.65. The Bertz CT molecular complexity index is 415. The highest BCUT2D eigenvalue weighted by atomic mass is 19.4. The van der Waals surface area contributed by atoms with Crippen LogP contribution in [0, 0.1) is 0 Å². The summed E-state index contributed by atoms with van der Waals surface area (Å²) in [4.78, 5) is 28.6. The average Bonchev–Trinajstić information content (AvgIpc) is 2.78. The van der Waals surface area contributed by atoms with Gasteiger partial charge in [-0.05, 0) is 0 Å². The summed E-state index contributed by atoms with van der Waals surface area (Å²) >= 11 is 0. The van der Waals surface area contributed by atoms with Crippen LogP contribution in [0.2, 0.25) is 0 Å². The molecule has 0 bridgehead atoms. The van der Waals surface area contributed by atoms with E-state index in [9.17, 15) is 22.8 Å². The number of hydrogen-bond acceptors (Lipinski definition) is 3. The first-order valence-electron chi connectivity index (χ1n) is 5.22. The maximum atomic E-state index is 12.1. The van der Waals surface area contributed by atoms with Gasteiger partial charge in [-0.15, -0.1) is 0 Å². The lowest BCUT2D eigenvalue weighted by molar-refractivity contribution is -0.174. The van der Waals surface area contributed by atoms with Crippen LogP contribution >= 0.6 is 0 Å². The maximum absolute atomic E-state index is 12.1. The minimum Gasteiger partial charge on any atom is -0.348 e. The van der Waals surface area contributed by atoms with Crippen molar-refractivity contribution in [2.45, 2.75) is 32.0 Å². The third-order valence-corrected chi connectivity index (χ3v) is 2.28. The van der Waals surface area contributed by atoms with Gasteiger partial charge in [0.15, 0.2) is 5.78 Å². The minimum atomic E-state index is -5.00. The number of ketones is 1. The largest absolute Gasteiger partial charge is 0.471 e. The third kappa shape index (κ3) is 3.86. The smallest absolute Gasteiger partial charge is 0.348 e.